The Kier molecular flexibility index (Phi) is 4.84. The van der Waals surface area contributed by atoms with Crippen LogP contribution in [0.4, 0.5) is 13.2 Å². The van der Waals surface area contributed by atoms with Crippen molar-refractivity contribution in [3.63, 3.8) is 0 Å². The van der Waals surface area contributed by atoms with Gasteiger partial charge in [-0.25, -0.2) is 4.98 Å². The van der Waals surface area contributed by atoms with E-state index < -0.39 is 6.36 Å². The van der Waals surface area contributed by atoms with Crippen molar-refractivity contribution in [2.24, 2.45) is 0 Å². The molecule has 0 aliphatic carbocycles. The van der Waals surface area contributed by atoms with Crippen LogP contribution in [0, 0.1) is 6.92 Å². The lowest BCUT2D eigenvalue weighted by Gasteiger charge is -2.17. The highest BCUT2D eigenvalue weighted by Crippen LogP contribution is 2.27. The van der Waals surface area contributed by atoms with E-state index in [1.807, 2.05) is 12.3 Å². The lowest BCUT2D eigenvalue weighted by molar-refractivity contribution is -0.274. The van der Waals surface area contributed by atoms with Crippen LogP contribution >= 0.6 is 11.3 Å². The van der Waals surface area contributed by atoms with Gasteiger partial charge in [0.1, 0.15) is 5.75 Å². The monoisotopic (exact) mass is 316 g/mol. The Morgan fingerprint density at radius 2 is 2.14 bits per heavy atom. The molecule has 1 N–H and O–H groups in total. The number of nitrogens with zero attached hydrogens (tertiary/aromatic N) is 1. The zero-order valence-electron chi connectivity index (χ0n) is 11.6. The van der Waals surface area contributed by atoms with E-state index in [9.17, 15) is 13.2 Å². The summed E-state index contributed by atoms with van der Waals surface area (Å²) in [6.45, 7) is 1.91. The van der Waals surface area contributed by atoms with Crippen LogP contribution < -0.4 is 10.1 Å². The van der Waals surface area contributed by atoms with E-state index in [0.29, 0.717) is 6.42 Å². The van der Waals surface area contributed by atoms with Crippen molar-refractivity contribution < 1.29 is 17.9 Å². The molecule has 0 saturated carbocycles. The van der Waals surface area contributed by atoms with Crippen LogP contribution in [-0.4, -0.2) is 18.4 Å². The maximum absolute atomic E-state index is 12.3. The molecule has 0 aliphatic heterocycles. The van der Waals surface area contributed by atoms with Crippen LogP contribution in [0.15, 0.2) is 29.6 Å². The van der Waals surface area contributed by atoms with Gasteiger partial charge in [0.05, 0.1) is 5.01 Å². The number of likely N-dealkylation sites (N-methyl/N-ethyl adjacent to an activating group) is 1. The van der Waals surface area contributed by atoms with Gasteiger partial charge in [0, 0.05) is 23.5 Å². The Morgan fingerprint density at radius 1 is 1.38 bits per heavy atom. The average Bonchev–Trinajstić information content (AvgIpc) is 2.80. The summed E-state index contributed by atoms with van der Waals surface area (Å²) in [6.07, 6.45) is -4.06. The molecule has 1 atom stereocenters. The third-order valence-electron chi connectivity index (χ3n) is 2.89. The summed E-state index contributed by atoms with van der Waals surface area (Å²) in [5.74, 6) is -0.212. The number of alkyl halides is 3. The van der Waals surface area contributed by atoms with E-state index in [2.05, 4.69) is 15.0 Å². The minimum absolute atomic E-state index is 0.118. The third kappa shape index (κ3) is 4.71. The molecule has 0 radical (unpaired) electrons. The van der Waals surface area contributed by atoms with Gasteiger partial charge in [0.2, 0.25) is 0 Å². The van der Waals surface area contributed by atoms with E-state index in [4.69, 9.17) is 0 Å². The Labute approximate surface area is 124 Å². The molecule has 1 aromatic heterocycles. The molecule has 21 heavy (non-hydrogen) atoms. The normalized spacial score (nSPS) is 13.2. The van der Waals surface area contributed by atoms with Gasteiger partial charge in [0.15, 0.2) is 0 Å². The van der Waals surface area contributed by atoms with Gasteiger partial charge in [-0.3, -0.25) is 0 Å². The lowest BCUT2D eigenvalue weighted by atomic mass is 10.0. The first-order chi connectivity index (χ1) is 9.87. The molecule has 0 spiro atoms. The Morgan fingerprint density at radius 3 is 2.71 bits per heavy atom. The molecule has 0 bridgehead atoms. The Balaban J connectivity index is 2.16. The van der Waals surface area contributed by atoms with E-state index in [-0.39, 0.29) is 11.8 Å². The number of rotatable bonds is 5. The highest BCUT2D eigenvalue weighted by Gasteiger charge is 2.31. The van der Waals surface area contributed by atoms with Crippen molar-refractivity contribution in [2.45, 2.75) is 25.7 Å². The fraction of sp³-hybridized carbons (Fsp3) is 0.357. The number of benzene rings is 1. The standard InChI is InChI=1S/C14H15F3N2OS/c1-9-8-21-13(19-9)7-12(18-2)10-4-3-5-11(6-10)20-14(15,16)17/h3-6,8,12,18H,7H2,1-2H3. The maximum atomic E-state index is 12.3. The minimum Gasteiger partial charge on any atom is -0.406 e. The average molecular weight is 316 g/mol. The van der Waals surface area contributed by atoms with Crippen molar-refractivity contribution in [1.82, 2.24) is 10.3 Å². The molecule has 114 valence electrons. The third-order valence-corrected chi connectivity index (χ3v) is 3.88. The molecule has 7 heteroatoms. The molecule has 1 aromatic carbocycles. The Hall–Kier alpha value is -1.60. The second kappa shape index (κ2) is 6.44. The van der Waals surface area contributed by atoms with E-state index in [1.54, 1.807) is 19.2 Å². The molecule has 1 heterocycles. The van der Waals surface area contributed by atoms with Gasteiger partial charge >= 0.3 is 6.36 Å². The van der Waals surface area contributed by atoms with Gasteiger partial charge in [0.25, 0.3) is 0 Å². The molecule has 3 nitrogen and oxygen atoms in total. The number of ether oxygens (including phenoxy) is 1. The molecule has 0 saturated heterocycles. The summed E-state index contributed by atoms with van der Waals surface area (Å²) < 4.78 is 40.7. The molecule has 0 amide bonds. The van der Waals surface area contributed by atoms with Gasteiger partial charge in [-0.1, -0.05) is 12.1 Å². The van der Waals surface area contributed by atoms with Crippen LogP contribution in [0.2, 0.25) is 0 Å². The molecule has 0 fully saturated rings. The minimum atomic E-state index is -4.68. The molecule has 0 aliphatic rings. The van der Waals surface area contributed by atoms with Crippen LogP contribution in [-0.2, 0) is 6.42 Å². The highest BCUT2D eigenvalue weighted by atomic mass is 32.1. The molecule has 2 rings (SSSR count). The second-order valence-corrected chi connectivity index (χ2v) is 5.49. The highest BCUT2D eigenvalue weighted by molar-refractivity contribution is 7.09. The zero-order chi connectivity index (χ0) is 15.5. The summed E-state index contributed by atoms with van der Waals surface area (Å²) >= 11 is 1.54. The van der Waals surface area contributed by atoms with Gasteiger partial charge in [-0.2, -0.15) is 0 Å². The summed E-state index contributed by atoms with van der Waals surface area (Å²) in [5, 5.41) is 5.98. The SMILES string of the molecule is CNC(Cc1nc(C)cs1)c1cccc(OC(F)(F)F)c1. The summed E-state index contributed by atoms with van der Waals surface area (Å²) in [4.78, 5) is 4.37. The second-order valence-electron chi connectivity index (χ2n) is 4.55. The number of halogens is 3. The molecule has 1 unspecified atom stereocenters. The number of nitrogens with one attached hydrogen (secondary N) is 1. The number of aromatic nitrogens is 1. The van der Waals surface area contributed by atoms with Crippen molar-refractivity contribution >= 4 is 11.3 Å². The fourth-order valence-corrected chi connectivity index (χ4v) is 2.80. The fourth-order valence-electron chi connectivity index (χ4n) is 1.99. The largest absolute Gasteiger partial charge is 0.573 e. The van der Waals surface area contributed by atoms with Crippen LogP contribution in [0.5, 0.6) is 5.75 Å². The van der Waals surface area contributed by atoms with E-state index in [0.717, 1.165) is 16.3 Å². The summed E-state index contributed by atoms with van der Waals surface area (Å²) in [7, 11) is 1.77. The number of hydrogen-bond donors (Lipinski definition) is 1. The first kappa shape index (κ1) is 15.8. The first-order valence-electron chi connectivity index (χ1n) is 6.31. The number of hydrogen-bond acceptors (Lipinski definition) is 4. The number of thiazole rings is 1. The van der Waals surface area contributed by atoms with Gasteiger partial charge in [-0.15, -0.1) is 24.5 Å². The van der Waals surface area contributed by atoms with Crippen molar-refractivity contribution in [1.29, 1.82) is 0 Å². The molecule has 2 aromatic rings. The van der Waals surface area contributed by atoms with Crippen molar-refractivity contribution in [3.05, 3.63) is 45.9 Å². The van der Waals surface area contributed by atoms with Crippen molar-refractivity contribution in [2.75, 3.05) is 7.05 Å². The maximum Gasteiger partial charge on any atom is 0.573 e. The van der Waals surface area contributed by atoms with Crippen LogP contribution in [0.25, 0.3) is 0 Å². The topological polar surface area (TPSA) is 34.2 Å². The molecular formula is C14H15F3N2OS. The Bertz CT molecular complexity index is 598. The lowest BCUT2D eigenvalue weighted by Crippen LogP contribution is -2.20. The van der Waals surface area contributed by atoms with Crippen molar-refractivity contribution in [3.8, 4) is 5.75 Å². The predicted molar refractivity (Wildman–Crippen MR) is 75.5 cm³/mol. The van der Waals surface area contributed by atoms with Gasteiger partial charge in [-0.05, 0) is 31.7 Å². The number of aryl methyl sites for hydroxylation is 1. The molecular weight excluding hydrogens is 301 g/mol. The predicted octanol–water partition coefficient (Wildman–Crippen LogP) is 3.85. The van der Waals surface area contributed by atoms with Crippen LogP contribution in [0.1, 0.15) is 22.3 Å². The zero-order valence-corrected chi connectivity index (χ0v) is 12.4. The summed E-state index contributed by atoms with van der Waals surface area (Å²) in [5.41, 5.74) is 1.67. The van der Waals surface area contributed by atoms with E-state index in [1.165, 1.54) is 23.5 Å². The quantitative estimate of drug-likeness (QED) is 0.910. The van der Waals surface area contributed by atoms with Gasteiger partial charge < -0.3 is 10.1 Å². The summed E-state index contributed by atoms with van der Waals surface area (Å²) in [6, 6.07) is 5.89. The van der Waals surface area contributed by atoms with Crippen LogP contribution in [0.3, 0.4) is 0 Å². The smallest absolute Gasteiger partial charge is 0.406 e. The first-order valence-corrected chi connectivity index (χ1v) is 7.19. The van der Waals surface area contributed by atoms with E-state index >= 15 is 0 Å².